The zero-order valence-corrected chi connectivity index (χ0v) is 16.9. The maximum absolute atomic E-state index is 11.2. The molecule has 4 heterocycles. The molecule has 5 atom stereocenters. The molecule has 3 saturated heterocycles. The number of ether oxygens (including phenoxy) is 2. The van der Waals surface area contributed by atoms with E-state index in [0.717, 1.165) is 31.9 Å². The fraction of sp³-hybridized carbons (Fsp3) is 0.545. The second kappa shape index (κ2) is 8.66. The Labute approximate surface area is 176 Å². The summed E-state index contributed by atoms with van der Waals surface area (Å²) in [6, 6.07) is 13.6. The van der Waals surface area contributed by atoms with E-state index in [2.05, 4.69) is 39.4 Å². The molecule has 0 aliphatic carbocycles. The predicted octanol–water partition coefficient (Wildman–Crippen LogP) is 0.537. The van der Waals surface area contributed by atoms with Gasteiger partial charge in [0.2, 0.25) is 0 Å². The van der Waals surface area contributed by atoms with E-state index in [1.54, 1.807) is 6.07 Å². The first-order valence-electron chi connectivity index (χ1n) is 10.6. The van der Waals surface area contributed by atoms with Gasteiger partial charge in [0, 0.05) is 31.9 Å². The van der Waals surface area contributed by atoms with Crippen LogP contribution < -0.4 is 10.2 Å². The minimum absolute atomic E-state index is 0.121. The van der Waals surface area contributed by atoms with Gasteiger partial charge in [0.05, 0.1) is 31.3 Å². The van der Waals surface area contributed by atoms with Gasteiger partial charge >= 0.3 is 0 Å². The van der Waals surface area contributed by atoms with Crippen molar-refractivity contribution in [3.63, 3.8) is 0 Å². The topological polar surface area (TPSA) is 90.6 Å². The van der Waals surface area contributed by atoms with Gasteiger partial charge in [0.25, 0.3) is 0 Å². The van der Waals surface area contributed by atoms with Crippen molar-refractivity contribution >= 4 is 5.69 Å². The minimum atomic E-state index is -0.605. The zero-order valence-electron chi connectivity index (χ0n) is 16.9. The van der Waals surface area contributed by atoms with E-state index >= 15 is 0 Å². The highest BCUT2D eigenvalue weighted by Gasteiger charge is 2.52. The highest BCUT2D eigenvalue weighted by atomic mass is 16.7. The summed E-state index contributed by atoms with van der Waals surface area (Å²) in [5.74, 6) is 1.26. The molecule has 2 bridgehead atoms. The Morgan fingerprint density at radius 2 is 1.77 bits per heavy atom. The van der Waals surface area contributed by atoms with E-state index in [-0.39, 0.29) is 24.8 Å². The fourth-order valence-electron chi connectivity index (χ4n) is 4.78. The van der Waals surface area contributed by atoms with Gasteiger partial charge in [0.1, 0.15) is 24.2 Å². The van der Waals surface area contributed by atoms with Gasteiger partial charge in [-0.1, -0.05) is 18.2 Å². The predicted molar refractivity (Wildman–Crippen MR) is 110 cm³/mol. The van der Waals surface area contributed by atoms with Crippen molar-refractivity contribution in [2.45, 2.75) is 43.7 Å². The summed E-state index contributed by atoms with van der Waals surface area (Å²) in [4.78, 5) is 4.66. The van der Waals surface area contributed by atoms with E-state index in [1.165, 1.54) is 5.69 Å². The lowest BCUT2D eigenvalue weighted by Gasteiger charge is -2.47. The number of para-hydroxylation sites is 1. The smallest absolute Gasteiger partial charge is 0.176 e. The monoisotopic (exact) mass is 415 g/mol. The lowest BCUT2D eigenvalue weighted by molar-refractivity contribution is -0.183. The van der Waals surface area contributed by atoms with Crippen molar-refractivity contribution in [1.29, 1.82) is 0 Å². The Bertz CT molecular complexity index is 823. The summed E-state index contributed by atoms with van der Waals surface area (Å²) in [6.45, 7) is 4.30. The normalized spacial score (nSPS) is 31.9. The second-order valence-corrected chi connectivity index (χ2v) is 8.15. The first kappa shape index (κ1) is 20.0. The quantitative estimate of drug-likeness (QED) is 0.630. The number of fused-ring (bicyclic) bond motifs is 2. The van der Waals surface area contributed by atoms with Crippen LogP contribution in [-0.2, 0) is 22.6 Å². The second-order valence-electron chi connectivity index (χ2n) is 8.15. The molecule has 3 aliphatic heterocycles. The zero-order chi connectivity index (χ0) is 20.5. The van der Waals surface area contributed by atoms with Gasteiger partial charge < -0.3 is 34.3 Å². The average molecular weight is 415 g/mol. The Kier molecular flexibility index (Phi) is 5.77. The third-order valence-corrected chi connectivity index (χ3v) is 6.37. The summed E-state index contributed by atoms with van der Waals surface area (Å²) in [5.41, 5.74) is 1.23. The Balaban J connectivity index is 1.23. The number of aliphatic hydroxyl groups excluding tert-OH is 2. The molecule has 1 aromatic carbocycles. The molecule has 3 fully saturated rings. The van der Waals surface area contributed by atoms with Gasteiger partial charge in [-0.05, 0) is 24.3 Å². The van der Waals surface area contributed by atoms with Crippen LogP contribution in [-0.4, -0.2) is 78.5 Å². The molecule has 5 rings (SSSR count). The van der Waals surface area contributed by atoms with Crippen LogP contribution >= 0.6 is 0 Å². The first-order chi connectivity index (χ1) is 14.7. The van der Waals surface area contributed by atoms with Gasteiger partial charge in [-0.15, -0.1) is 0 Å². The van der Waals surface area contributed by atoms with E-state index in [0.29, 0.717) is 18.9 Å². The SMILES string of the molecule is OCc1ccc(CNC2C3COC(O3)C(N3CCN(c4ccccc4)CC3)C2O)o1. The summed E-state index contributed by atoms with van der Waals surface area (Å²) >= 11 is 0. The van der Waals surface area contributed by atoms with E-state index < -0.39 is 12.4 Å². The summed E-state index contributed by atoms with van der Waals surface area (Å²) in [6.07, 6.45) is -1.18. The minimum Gasteiger partial charge on any atom is -0.462 e. The number of benzene rings is 1. The standard InChI is InChI=1S/C22H29N3O5/c26-13-17-7-6-16(29-17)12-23-19-18-14-28-22(30-18)20(21(19)27)25-10-8-24(9-11-25)15-4-2-1-3-5-15/h1-7,18-23,26-27H,8-14H2. The Morgan fingerprint density at radius 3 is 2.50 bits per heavy atom. The molecule has 3 N–H and O–H groups in total. The lowest BCUT2D eigenvalue weighted by Crippen LogP contribution is -2.66. The molecule has 1 aromatic heterocycles. The van der Waals surface area contributed by atoms with Gasteiger partial charge in [-0.3, -0.25) is 4.90 Å². The van der Waals surface area contributed by atoms with Crippen LogP contribution in [0, 0.1) is 0 Å². The van der Waals surface area contributed by atoms with Crippen molar-refractivity contribution in [3.8, 4) is 0 Å². The van der Waals surface area contributed by atoms with E-state index in [4.69, 9.17) is 19.0 Å². The molecule has 30 heavy (non-hydrogen) atoms. The summed E-state index contributed by atoms with van der Waals surface area (Å²) in [5, 5.41) is 23.8. The van der Waals surface area contributed by atoms with Crippen LogP contribution in [0.2, 0.25) is 0 Å². The number of hydrogen-bond acceptors (Lipinski definition) is 8. The maximum Gasteiger partial charge on any atom is 0.176 e. The van der Waals surface area contributed by atoms with Crippen LogP contribution in [0.25, 0.3) is 0 Å². The third-order valence-electron chi connectivity index (χ3n) is 6.37. The largest absolute Gasteiger partial charge is 0.462 e. The Hall–Kier alpha value is -1.94. The maximum atomic E-state index is 11.2. The van der Waals surface area contributed by atoms with Gasteiger partial charge in [-0.2, -0.15) is 0 Å². The third kappa shape index (κ3) is 3.87. The highest BCUT2D eigenvalue weighted by molar-refractivity contribution is 5.46. The molecule has 3 aliphatic rings. The van der Waals surface area contributed by atoms with Crippen molar-refractivity contribution in [2.24, 2.45) is 0 Å². The number of nitrogens with one attached hydrogen (secondary N) is 1. The average Bonchev–Trinajstić information content (AvgIpc) is 3.43. The number of hydrogen-bond donors (Lipinski definition) is 3. The number of rotatable bonds is 6. The van der Waals surface area contributed by atoms with Crippen molar-refractivity contribution in [3.05, 3.63) is 54.0 Å². The molecule has 0 amide bonds. The van der Waals surface area contributed by atoms with Gasteiger partial charge in [0.15, 0.2) is 6.29 Å². The number of piperazine rings is 1. The number of furan rings is 1. The van der Waals surface area contributed by atoms with Crippen molar-refractivity contribution in [2.75, 3.05) is 37.7 Å². The van der Waals surface area contributed by atoms with Crippen molar-refractivity contribution < 1.29 is 24.1 Å². The number of nitrogens with zero attached hydrogens (tertiary/aromatic N) is 2. The van der Waals surface area contributed by atoms with Crippen LogP contribution in [0.5, 0.6) is 0 Å². The molecule has 5 unspecified atom stereocenters. The summed E-state index contributed by atoms with van der Waals surface area (Å²) < 4.78 is 17.5. The molecular weight excluding hydrogens is 386 g/mol. The number of anilines is 1. The molecule has 2 aromatic rings. The molecule has 0 saturated carbocycles. The van der Waals surface area contributed by atoms with E-state index in [9.17, 15) is 5.11 Å². The van der Waals surface area contributed by atoms with Crippen LogP contribution in [0.1, 0.15) is 11.5 Å². The number of aliphatic hydroxyl groups is 2. The van der Waals surface area contributed by atoms with Crippen molar-refractivity contribution in [1.82, 2.24) is 10.2 Å². The molecule has 8 nitrogen and oxygen atoms in total. The van der Waals surface area contributed by atoms with Crippen LogP contribution in [0.4, 0.5) is 5.69 Å². The molecule has 0 radical (unpaired) electrons. The molecule has 162 valence electrons. The Morgan fingerprint density at radius 1 is 1.00 bits per heavy atom. The van der Waals surface area contributed by atoms with Crippen LogP contribution in [0.3, 0.4) is 0 Å². The summed E-state index contributed by atoms with van der Waals surface area (Å²) in [7, 11) is 0. The van der Waals surface area contributed by atoms with Crippen LogP contribution in [0.15, 0.2) is 46.9 Å². The molecule has 8 heteroatoms. The highest BCUT2D eigenvalue weighted by Crippen LogP contribution is 2.32. The molecule has 0 spiro atoms. The lowest BCUT2D eigenvalue weighted by atomic mass is 9.94. The van der Waals surface area contributed by atoms with E-state index in [1.807, 2.05) is 12.1 Å². The van der Waals surface area contributed by atoms with Gasteiger partial charge in [-0.25, -0.2) is 0 Å². The fourth-order valence-corrected chi connectivity index (χ4v) is 4.78. The molecular formula is C22H29N3O5. The first-order valence-corrected chi connectivity index (χ1v) is 10.6.